The predicted molar refractivity (Wildman–Crippen MR) is 87.5 cm³/mol. The number of amides is 1. The molecule has 1 aliphatic heterocycles. The standard InChI is InChI=1S/C17H25ClN2O/c1-17(2,13-18)16(21)19-12-15(20-10-6-7-11-20)14-8-4-3-5-9-14/h3-5,8-9,15H,6-7,10-13H2,1-2H3,(H,19,21). The molecule has 0 aliphatic carbocycles. The van der Waals surface area contributed by atoms with Gasteiger partial charge < -0.3 is 5.32 Å². The second-order valence-electron chi connectivity index (χ2n) is 6.40. The third-order valence-electron chi connectivity index (χ3n) is 4.17. The molecule has 1 aliphatic rings. The summed E-state index contributed by atoms with van der Waals surface area (Å²) in [6.07, 6.45) is 2.48. The number of carbonyl (C=O) groups is 1. The molecule has 3 nitrogen and oxygen atoms in total. The summed E-state index contributed by atoms with van der Waals surface area (Å²) in [6, 6.07) is 10.7. The van der Waals surface area contributed by atoms with E-state index in [-0.39, 0.29) is 11.9 Å². The van der Waals surface area contributed by atoms with E-state index in [1.165, 1.54) is 18.4 Å². The molecule has 0 spiro atoms. The molecule has 0 saturated carbocycles. The Labute approximate surface area is 132 Å². The van der Waals surface area contributed by atoms with Crippen molar-refractivity contribution in [2.24, 2.45) is 5.41 Å². The molecule has 2 rings (SSSR count). The number of halogens is 1. The monoisotopic (exact) mass is 308 g/mol. The number of alkyl halides is 1. The molecule has 1 fully saturated rings. The zero-order valence-corrected chi connectivity index (χ0v) is 13.7. The molecule has 1 heterocycles. The maximum absolute atomic E-state index is 12.2. The number of nitrogens with one attached hydrogen (secondary N) is 1. The number of nitrogens with zero attached hydrogens (tertiary/aromatic N) is 1. The molecule has 1 N–H and O–H groups in total. The molecule has 0 aromatic heterocycles. The molecule has 1 aromatic rings. The van der Waals surface area contributed by atoms with Gasteiger partial charge in [-0.15, -0.1) is 11.6 Å². The summed E-state index contributed by atoms with van der Waals surface area (Å²) in [5.41, 5.74) is 0.747. The van der Waals surface area contributed by atoms with Gasteiger partial charge in [-0.05, 0) is 45.3 Å². The number of hydrogen-bond acceptors (Lipinski definition) is 2. The summed E-state index contributed by atoms with van der Waals surface area (Å²) in [5, 5.41) is 3.08. The maximum Gasteiger partial charge on any atom is 0.226 e. The summed E-state index contributed by atoms with van der Waals surface area (Å²) in [6.45, 7) is 6.61. The van der Waals surface area contributed by atoms with E-state index in [0.29, 0.717) is 12.4 Å². The molecule has 1 amide bonds. The Kier molecular flexibility index (Phi) is 5.65. The minimum atomic E-state index is -0.520. The first-order chi connectivity index (χ1) is 10.0. The highest BCUT2D eigenvalue weighted by Crippen LogP contribution is 2.25. The van der Waals surface area contributed by atoms with Crippen LogP contribution in [0.2, 0.25) is 0 Å². The number of hydrogen-bond donors (Lipinski definition) is 1. The smallest absolute Gasteiger partial charge is 0.226 e. The molecule has 0 radical (unpaired) electrons. The second kappa shape index (κ2) is 7.28. The quantitative estimate of drug-likeness (QED) is 0.819. The Morgan fingerprint density at radius 3 is 2.48 bits per heavy atom. The Morgan fingerprint density at radius 1 is 1.29 bits per heavy atom. The van der Waals surface area contributed by atoms with Gasteiger partial charge in [0.2, 0.25) is 5.91 Å². The van der Waals surface area contributed by atoms with E-state index < -0.39 is 5.41 Å². The topological polar surface area (TPSA) is 32.3 Å². The van der Waals surface area contributed by atoms with Gasteiger partial charge >= 0.3 is 0 Å². The van der Waals surface area contributed by atoms with Crippen LogP contribution in [0.15, 0.2) is 30.3 Å². The van der Waals surface area contributed by atoms with Gasteiger partial charge in [0, 0.05) is 12.4 Å². The zero-order valence-electron chi connectivity index (χ0n) is 12.9. The molecule has 4 heteroatoms. The lowest BCUT2D eigenvalue weighted by Gasteiger charge is -2.30. The molecular formula is C17H25ClN2O. The summed E-state index contributed by atoms with van der Waals surface area (Å²) in [5.74, 6) is 0.357. The molecule has 1 aromatic carbocycles. The highest BCUT2D eigenvalue weighted by molar-refractivity contribution is 6.19. The van der Waals surface area contributed by atoms with Gasteiger partial charge in [-0.25, -0.2) is 0 Å². The second-order valence-corrected chi connectivity index (χ2v) is 6.66. The van der Waals surface area contributed by atoms with Gasteiger partial charge in [-0.3, -0.25) is 9.69 Å². The van der Waals surface area contributed by atoms with E-state index in [2.05, 4.69) is 34.5 Å². The van der Waals surface area contributed by atoms with Gasteiger partial charge in [-0.2, -0.15) is 0 Å². The van der Waals surface area contributed by atoms with Crippen LogP contribution in [-0.2, 0) is 4.79 Å². The zero-order chi connectivity index (χ0) is 15.3. The lowest BCUT2D eigenvalue weighted by atomic mass is 9.95. The summed E-state index contributed by atoms with van der Waals surface area (Å²) in [7, 11) is 0. The third kappa shape index (κ3) is 4.21. The van der Waals surface area contributed by atoms with Crippen LogP contribution < -0.4 is 5.32 Å². The van der Waals surface area contributed by atoms with Crippen molar-refractivity contribution < 1.29 is 4.79 Å². The first kappa shape index (κ1) is 16.3. The largest absolute Gasteiger partial charge is 0.354 e. The fraction of sp³-hybridized carbons (Fsp3) is 0.588. The first-order valence-corrected chi connectivity index (χ1v) is 8.21. The van der Waals surface area contributed by atoms with Crippen LogP contribution in [0.5, 0.6) is 0 Å². The van der Waals surface area contributed by atoms with Crippen molar-refractivity contribution >= 4 is 17.5 Å². The Bertz CT molecular complexity index is 455. The average molecular weight is 309 g/mol. The van der Waals surface area contributed by atoms with E-state index in [9.17, 15) is 4.79 Å². The number of benzene rings is 1. The van der Waals surface area contributed by atoms with Gasteiger partial charge in [0.05, 0.1) is 11.5 Å². The molecule has 1 saturated heterocycles. The van der Waals surface area contributed by atoms with Crippen molar-refractivity contribution in [2.45, 2.75) is 32.7 Å². The Hall–Kier alpha value is -1.06. The van der Waals surface area contributed by atoms with E-state index in [4.69, 9.17) is 11.6 Å². The maximum atomic E-state index is 12.2. The molecule has 116 valence electrons. The third-order valence-corrected chi connectivity index (χ3v) is 4.84. The number of rotatable bonds is 6. The first-order valence-electron chi connectivity index (χ1n) is 7.68. The summed E-state index contributed by atoms with van der Waals surface area (Å²) < 4.78 is 0. The van der Waals surface area contributed by atoms with Crippen LogP contribution in [0, 0.1) is 5.41 Å². The van der Waals surface area contributed by atoms with E-state index in [1.54, 1.807) is 0 Å². The highest BCUT2D eigenvalue weighted by atomic mass is 35.5. The van der Waals surface area contributed by atoms with Gasteiger partial charge in [0.15, 0.2) is 0 Å². The summed E-state index contributed by atoms with van der Waals surface area (Å²) >= 11 is 5.88. The van der Waals surface area contributed by atoms with Crippen LogP contribution in [-0.4, -0.2) is 36.3 Å². The Morgan fingerprint density at radius 2 is 1.90 bits per heavy atom. The number of likely N-dealkylation sites (tertiary alicyclic amines) is 1. The van der Waals surface area contributed by atoms with Crippen LogP contribution in [0.4, 0.5) is 0 Å². The van der Waals surface area contributed by atoms with Crippen molar-refractivity contribution in [3.8, 4) is 0 Å². The van der Waals surface area contributed by atoms with Crippen LogP contribution in [0.1, 0.15) is 38.3 Å². The predicted octanol–water partition coefficient (Wildman–Crippen LogP) is 3.20. The van der Waals surface area contributed by atoms with Gasteiger partial charge in [0.1, 0.15) is 0 Å². The normalized spacial score (nSPS) is 17.7. The molecular weight excluding hydrogens is 284 g/mol. The molecule has 1 atom stereocenters. The van der Waals surface area contributed by atoms with Crippen LogP contribution in [0.25, 0.3) is 0 Å². The minimum Gasteiger partial charge on any atom is -0.354 e. The van der Waals surface area contributed by atoms with Crippen LogP contribution in [0.3, 0.4) is 0 Å². The SMILES string of the molecule is CC(C)(CCl)C(=O)NCC(c1ccccc1)N1CCCC1. The summed E-state index contributed by atoms with van der Waals surface area (Å²) in [4.78, 5) is 14.7. The number of carbonyl (C=O) groups excluding carboxylic acids is 1. The lowest BCUT2D eigenvalue weighted by molar-refractivity contribution is -0.128. The minimum absolute atomic E-state index is 0.0256. The van der Waals surface area contributed by atoms with E-state index >= 15 is 0 Å². The molecule has 21 heavy (non-hydrogen) atoms. The highest BCUT2D eigenvalue weighted by Gasteiger charge is 2.29. The van der Waals surface area contributed by atoms with Crippen molar-refractivity contribution in [1.29, 1.82) is 0 Å². The van der Waals surface area contributed by atoms with Crippen molar-refractivity contribution in [3.05, 3.63) is 35.9 Å². The lowest BCUT2D eigenvalue weighted by Crippen LogP contribution is -2.43. The van der Waals surface area contributed by atoms with Gasteiger partial charge in [0.25, 0.3) is 0 Å². The van der Waals surface area contributed by atoms with Crippen LogP contribution >= 0.6 is 11.6 Å². The van der Waals surface area contributed by atoms with E-state index in [0.717, 1.165) is 13.1 Å². The van der Waals surface area contributed by atoms with Gasteiger partial charge in [-0.1, -0.05) is 30.3 Å². The Balaban J connectivity index is 2.05. The fourth-order valence-electron chi connectivity index (χ4n) is 2.68. The molecule has 1 unspecified atom stereocenters. The van der Waals surface area contributed by atoms with E-state index in [1.807, 2.05) is 19.9 Å². The fourth-order valence-corrected chi connectivity index (χ4v) is 2.80. The van der Waals surface area contributed by atoms with Crippen molar-refractivity contribution in [1.82, 2.24) is 10.2 Å². The van der Waals surface area contributed by atoms with Crippen molar-refractivity contribution in [3.63, 3.8) is 0 Å². The average Bonchev–Trinajstić information content (AvgIpc) is 3.02. The van der Waals surface area contributed by atoms with Crippen molar-refractivity contribution in [2.75, 3.05) is 25.5 Å². The molecule has 0 bridgehead atoms.